The summed E-state index contributed by atoms with van der Waals surface area (Å²) in [5.74, 6) is -0.432. The quantitative estimate of drug-likeness (QED) is 0.689. The van der Waals surface area contributed by atoms with E-state index in [2.05, 4.69) is 10.6 Å². The smallest absolute Gasteiger partial charge is 0.248 e. The molecule has 1 atom stereocenters. The number of rotatable bonds is 2. The minimum atomic E-state index is -0.432. The van der Waals surface area contributed by atoms with Crippen LogP contribution in [0.4, 0.5) is 0 Å². The molecule has 0 aliphatic carbocycles. The molecule has 2 rings (SSSR count). The summed E-state index contributed by atoms with van der Waals surface area (Å²) in [5.41, 5.74) is 6.64. The van der Waals surface area contributed by atoms with E-state index in [1.54, 1.807) is 18.3 Å². The zero-order valence-corrected chi connectivity index (χ0v) is 10.2. The molecule has 0 saturated heterocycles. The molecule has 6 heteroatoms. The van der Waals surface area contributed by atoms with Crippen LogP contribution in [0.5, 0.6) is 0 Å². The molecule has 0 aromatic carbocycles. The summed E-state index contributed by atoms with van der Waals surface area (Å²) < 4.78 is 0. The lowest BCUT2D eigenvalue weighted by atomic mass is 10.0. The van der Waals surface area contributed by atoms with Crippen molar-refractivity contribution in [1.82, 2.24) is 10.6 Å². The summed E-state index contributed by atoms with van der Waals surface area (Å²) in [5, 5.41) is 8.43. The lowest BCUT2D eigenvalue weighted by molar-refractivity contribution is -0.115. The number of carbonyl (C=O) groups excluding carboxylic acids is 1. The standard InChI is InChI=1S/C10H11N3OS2/c1-5-7(9(11)14)8(13-10(15)12-5)6-3-2-4-16-6/h2-4,8H,1H3,(H2,11,14)(H2,12,13,15). The summed E-state index contributed by atoms with van der Waals surface area (Å²) in [7, 11) is 0. The highest BCUT2D eigenvalue weighted by molar-refractivity contribution is 7.80. The fourth-order valence-corrected chi connectivity index (χ4v) is 2.74. The van der Waals surface area contributed by atoms with Crippen molar-refractivity contribution in [3.05, 3.63) is 33.7 Å². The number of nitrogens with two attached hydrogens (primary N) is 1. The van der Waals surface area contributed by atoms with Crippen molar-refractivity contribution in [2.45, 2.75) is 13.0 Å². The number of nitrogens with one attached hydrogen (secondary N) is 2. The Bertz CT molecular complexity index is 464. The predicted molar refractivity (Wildman–Crippen MR) is 67.8 cm³/mol. The summed E-state index contributed by atoms with van der Waals surface area (Å²) in [6.07, 6.45) is 0. The van der Waals surface area contributed by atoms with Gasteiger partial charge in [-0.2, -0.15) is 0 Å². The molecule has 4 N–H and O–H groups in total. The number of thiocarbonyl (C=S) groups is 1. The monoisotopic (exact) mass is 253 g/mol. The third-order valence-corrected chi connectivity index (χ3v) is 3.52. The Labute approximate surface area is 103 Å². The number of hydrogen-bond acceptors (Lipinski definition) is 3. The maximum absolute atomic E-state index is 11.4. The number of hydrogen-bond donors (Lipinski definition) is 3. The number of carbonyl (C=O) groups is 1. The Kier molecular flexibility index (Phi) is 2.93. The molecule has 0 fully saturated rings. The van der Waals surface area contributed by atoms with Crippen LogP contribution in [0.2, 0.25) is 0 Å². The highest BCUT2D eigenvalue weighted by Crippen LogP contribution is 2.29. The fourth-order valence-electron chi connectivity index (χ4n) is 1.69. The van der Waals surface area contributed by atoms with Gasteiger partial charge in [-0.3, -0.25) is 4.79 Å². The molecule has 0 saturated carbocycles. The van der Waals surface area contributed by atoms with E-state index in [1.807, 2.05) is 17.5 Å². The molecule has 16 heavy (non-hydrogen) atoms. The molecule has 0 bridgehead atoms. The van der Waals surface area contributed by atoms with E-state index in [9.17, 15) is 4.79 Å². The average molecular weight is 253 g/mol. The van der Waals surface area contributed by atoms with Gasteiger partial charge in [0.25, 0.3) is 0 Å². The fraction of sp³-hybridized carbons (Fsp3) is 0.200. The summed E-state index contributed by atoms with van der Waals surface area (Å²) in [4.78, 5) is 12.4. The van der Waals surface area contributed by atoms with E-state index in [0.717, 1.165) is 10.6 Å². The average Bonchev–Trinajstić information content (AvgIpc) is 2.67. The normalized spacial score (nSPS) is 20.3. The minimum Gasteiger partial charge on any atom is -0.366 e. The summed E-state index contributed by atoms with van der Waals surface area (Å²) >= 11 is 6.63. The molecule has 1 aromatic heterocycles. The zero-order valence-electron chi connectivity index (χ0n) is 8.61. The third-order valence-electron chi connectivity index (χ3n) is 2.36. The van der Waals surface area contributed by atoms with Gasteiger partial charge in [0.05, 0.1) is 11.6 Å². The second-order valence-electron chi connectivity index (χ2n) is 3.45. The van der Waals surface area contributed by atoms with Crippen LogP contribution in [0.25, 0.3) is 0 Å². The lowest BCUT2D eigenvalue weighted by Gasteiger charge is -2.28. The van der Waals surface area contributed by atoms with Gasteiger partial charge in [0.2, 0.25) is 5.91 Å². The molecule has 0 spiro atoms. The third kappa shape index (κ3) is 1.94. The SMILES string of the molecule is CC1=C(C(N)=O)C(c2cccs2)NC(=S)N1. The van der Waals surface area contributed by atoms with Gasteiger partial charge < -0.3 is 16.4 Å². The van der Waals surface area contributed by atoms with E-state index >= 15 is 0 Å². The van der Waals surface area contributed by atoms with E-state index < -0.39 is 5.91 Å². The highest BCUT2D eigenvalue weighted by Gasteiger charge is 2.28. The largest absolute Gasteiger partial charge is 0.366 e. The van der Waals surface area contributed by atoms with Gasteiger partial charge in [-0.25, -0.2) is 0 Å². The second-order valence-corrected chi connectivity index (χ2v) is 4.84. The molecule has 1 unspecified atom stereocenters. The molecule has 1 amide bonds. The van der Waals surface area contributed by atoms with Crippen LogP contribution >= 0.6 is 23.6 Å². The van der Waals surface area contributed by atoms with Crippen molar-refractivity contribution >= 4 is 34.6 Å². The predicted octanol–water partition coefficient (Wildman–Crippen LogP) is 1.03. The Morgan fingerprint density at radius 3 is 2.94 bits per heavy atom. The maximum atomic E-state index is 11.4. The van der Waals surface area contributed by atoms with Crippen LogP contribution in [0.3, 0.4) is 0 Å². The maximum Gasteiger partial charge on any atom is 0.248 e. The molecule has 1 aliphatic heterocycles. The molecule has 1 aromatic rings. The topological polar surface area (TPSA) is 67.2 Å². The molecule has 4 nitrogen and oxygen atoms in total. The van der Waals surface area contributed by atoms with Crippen LogP contribution in [-0.4, -0.2) is 11.0 Å². The van der Waals surface area contributed by atoms with Crippen LogP contribution in [0, 0.1) is 0 Å². The summed E-state index contributed by atoms with van der Waals surface area (Å²) in [6, 6.07) is 3.65. The van der Waals surface area contributed by atoms with Gasteiger partial charge >= 0.3 is 0 Å². The van der Waals surface area contributed by atoms with Gasteiger partial charge in [-0.1, -0.05) is 6.07 Å². The van der Waals surface area contributed by atoms with Crippen molar-refractivity contribution < 1.29 is 4.79 Å². The number of amides is 1. The molecule has 2 heterocycles. The van der Waals surface area contributed by atoms with Gasteiger partial charge in [0.15, 0.2) is 5.11 Å². The van der Waals surface area contributed by atoms with Crippen LogP contribution < -0.4 is 16.4 Å². The highest BCUT2D eigenvalue weighted by atomic mass is 32.1. The first-order valence-electron chi connectivity index (χ1n) is 4.71. The zero-order chi connectivity index (χ0) is 11.7. The Hall–Kier alpha value is -1.40. The molecule has 84 valence electrons. The number of primary amides is 1. The van der Waals surface area contributed by atoms with Crippen LogP contribution in [0.15, 0.2) is 28.8 Å². The Balaban J connectivity index is 2.46. The minimum absolute atomic E-state index is 0.230. The first kappa shape index (κ1) is 11.1. The van der Waals surface area contributed by atoms with E-state index in [-0.39, 0.29) is 6.04 Å². The van der Waals surface area contributed by atoms with Crippen molar-refractivity contribution in [3.8, 4) is 0 Å². The second kappa shape index (κ2) is 4.23. The first-order chi connectivity index (χ1) is 7.59. The van der Waals surface area contributed by atoms with Crippen molar-refractivity contribution in [3.63, 3.8) is 0 Å². The van der Waals surface area contributed by atoms with Gasteiger partial charge in [-0.15, -0.1) is 11.3 Å². The van der Waals surface area contributed by atoms with Crippen molar-refractivity contribution in [2.24, 2.45) is 5.73 Å². The number of thiophene rings is 1. The molecular weight excluding hydrogens is 242 g/mol. The van der Waals surface area contributed by atoms with Crippen molar-refractivity contribution in [2.75, 3.05) is 0 Å². The van der Waals surface area contributed by atoms with E-state index in [4.69, 9.17) is 18.0 Å². The molecule has 0 radical (unpaired) electrons. The summed E-state index contributed by atoms with van der Waals surface area (Å²) in [6.45, 7) is 1.80. The van der Waals surface area contributed by atoms with E-state index in [0.29, 0.717) is 10.7 Å². The van der Waals surface area contributed by atoms with Crippen LogP contribution in [-0.2, 0) is 4.79 Å². The lowest BCUT2D eigenvalue weighted by Crippen LogP contribution is -2.45. The van der Waals surface area contributed by atoms with Crippen LogP contribution in [0.1, 0.15) is 17.8 Å². The molecule has 1 aliphatic rings. The van der Waals surface area contributed by atoms with Gasteiger partial charge in [-0.05, 0) is 30.6 Å². The first-order valence-corrected chi connectivity index (χ1v) is 6.00. The van der Waals surface area contributed by atoms with Crippen molar-refractivity contribution in [1.29, 1.82) is 0 Å². The van der Waals surface area contributed by atoms with Gasteiger partial charge in [0.1, 0.15) is 0 Å². The Morgan fingerprint density at radius 1 is 1.62 bits per heavy atom. The Morgan fingerprint density at radius 2 is 2.38 bits per heavy atom. The van der Waals surface area contributed by atoms with E-state index in [1.165, 1.54) is 0 Å². The van der Waals surface area contributed by atoms with Gasteiger partial charge in [0, 0.05) is 10.6 Å². The molecular formula is C10H11N3OS2. The number of allylic oxidation sites excluding steroid dienone is 1.